The first kappa shape index (κ1) is 16.2. The van der Waals surface area contributed by atoms with Gasteiger partial charge in [0.2, 0.25) is 0 Å². The minimum absolute atomic E-state index is 0.192. The molecule has 0 fully saturated rings. The predicted octanol–water partition coefficient (Wildman–Crippen LogP) is 2.63. The lowest BCUT2D eigenvalue weighted by atomic mass is 10.1. The van der Waals surface area contributed by atoms with E-state index in [1.807, 2.05) is 29.1 Å². The van der Waals surface area contributed by atoms with Gasteiger partial charge in [-0.15, -0.1) is 0 Å². The average molecular weight is 349 g/mol. The molecule has 0 spiro atoms. The van der Waals surface area contributed by atoms with Crippen LogP contribution < -0.4 is 14.8 Å². The first-order valence-electron chi connectivity index (χ1n) is 8.52. The molecule has 0 saturated carbocycles. The smallest absolute Gasteiger partial charge is 0.255 e. The fraction of sp³-hybridized carbons (Fsp3) is 0.200. The molecule has 0 unspecified atom stereocenters. The van der Waals surface area contributed by atoms with E-state index in [0.29, 0.717) is 43.4 Å². The molecule has 132 valence electrons. The number of aromatic nitrogens is 2. The summed E-state index contributed by atoms with van der Waals surface area (Å²) in [6.45, 7) is 2.05. The molecule has 0 radical (unpaired) electrons. The molecule has 0 aliphatic carbocycles. The third-order valence-electron chi connectivity index (χ3n) is 4.14. The van der Waals surface area contributed by atoms with Crippen LogP contribution in [0, 0.1) is 0 Å². The van der Waals surface area contributed by atoms with Crippen molar-refractivity contribution < 1.29 is 14.3 Å². The average Bonchev–Trinajstić information content (AvgIpc) is 3.14. The standard InChI is InChI=1S/C20H19N3O3/c24-20(17-7-4-8-18-19(17)26-10-9-25-18)21-11-16-12-22-23(14-16)13-15-5-2-1-3-6-15/h1-8,12,14H,9-11,13H2,(H,21,24). The minimum atomic E-state index is -0.192. The van der Waals surface area contributed by atoms with Gasteiger partial charge in [-0.2, -0.15) is 5.10 Å². The minimum Gasteiger partial charge on any atom is -0.486 e. The summed E-state index contributed by atoms with van der Waals surface area (Å²) in [6.07, 6.45) is 3.71. The highest BCUT2D eigenvalue weighted by molar-refractivity contribution is 5.97. The summed E-state index contributed by atoms with van der Waals surface area (Å²) in [5, 5.41) is 7.27. The van der Waals surface area contributed by atoms with Crippen LogP contribution in [0.1, 0.15) is 21.5 Å². The summed E-state index contributed by atoms with van der Waals surface area (Å²) in [6, 6.07) is 15.5. The maximum absolute atomic E-state index is 12.5. The summed E-state index contributed by atoms with van der Waals surface area (Å²) in [4.78, 5) is 12.5. The molecular weight excluding hydrogens is 330 g/mol. The van der Waals surface area contributed by atoms with Crippen molar-refractivity contribution in [2.75, 3.05) is 13.2 Å². The van der Waals surface area contributed by atoms with Gasteiger partial charge >= 0.3 is 0 Å². The maximum Gasteiger partial charge on any atom is 0.255 e. The third kappa shape index (κ3) is 3.54. The van der Waals surface area contributed by atoms with Crippen molar-refractivity contribution in [3.63, 3.8) is 0 Å². The van der Waals surface area contributed by atoms with Crippen molar-refractivity contribution in [3.05, 3.63) is 77.6 Å². The van der Waals surface area contributed by atoms with E-state index in [4.69, 9.17) is 9.47 Å². The van der Waals surface area contributed by atoms with Crippen molar-refractivity contribution >= 4 is 5.91 Å². The number of hydrogen-bond donors (Lipinski definition) is 1. The number of carbonyl (C=O) groups excluding carboxylic acids is 1. The molecule has 4 rings (SSSR count). The van der Waals surface area contributed by atoms with E-state index in [1.54, 1.807) is 24.4 Å². The van der Waals surface area contributed by atoms with Gasteiger partial charge in [0.1, 0.15) is 13.2 Å². The SMILES string of the molecule is O=C(NCc1cnn(Cc2ccccc2)c1)c1cccc2c1OCCO2. The largest absolute Gasteiger partial charge is 0.486 e. The van der Waals surface area contributed by atoms with E-state index < -0.39 is 0 Å². The van der Waals surface area contributed by atoms with Gasteiger partial charge in [-0.1, -0.05) is 36.4 Å². The summed E-state index contributed by atoms with van der Waals surface area (Å²) in [7, 11) is 0. The molecule has 0 bridgehead atoms. The van der Waals surface area contributed by atoms with E-state index in [0.717, 1.165) is 5.56 Å². The quantitative estimate of drug-likeness (QED) is 0.769. The molecule has 2 aromatic carbocycles. The molecule has 1 aliphatic heterocycles. The topological polar surface area (TPSA) is 65.4 Å². The Morgan fingerprint density at radius 1 is 1.04 bits per heavy atom. The van der Waals surface area contributed by atoms with Crippen molar-refractivity contribution in [3.8, 4) is 11.5 Å². The first-order chi connectivity index (χ1) is 12.8. The first-order valence-corrected chi connectivity index (χ1v) is 8.52. The Morgan fingerprint density at radius 3 is 2.77 bits per heavy atom. The van der Waals surface area contributed by atoms with E-state index in [2.05, 4.69) is 22.5 Å². The van der Waals surface area contributed by atoms with E-state index >= 15 is 0 Å². The zero-order valence-electron chi connectivity index (χ0n) is 14.2. The second-order valence-corrected chi connectivity index (χ2v) is 6.04. The van der Waals surface area contributed by atoms with Gasteiger partial charge in [-0.3, -0.25) is 9.48 Å². The molecule has 1 aliphatic rings. The molecule has 6 nitrogen and oxygen atoms in total. The molecule has 2 heterocycles. The van der Waals surface area contributed by atoms with Gasteiger partial charge in [0, 0.05) is 18.3 Å². The Hall–Kier alpha value is -3.28. The van der Waals surface area contributed by atoms with Gasteiger partial charge in [0.25, 0.3) is 5.91 Å². The van der Waals surface area contributed by atoms with Gasteiger partial charge in [0.15, 0.2) is 11.5 Å². The molecule has 6 heteroatoms. The Balaban J connectivity index is 1.40. The zero-order chi connectivity index (χ0) is 17.8. The fourth-order valence-electron chi connectivity index (χ4n) is 2.88. The molecule has 0 atom stereocenters. The lowest BCUT2D eigenvalue weighted by Gasteiger charge is -2.20. The van der Waals surface area contributed by atoms with Gasteiger partial charge < -0.3 is 14.8 Å². The van der Waals surface area contributed by atoms with Crippen molar-refractivity contribution in [1.82, 2.24) is 15.1 Å². The van der Waals surface area contributed by atoms with Gasteiger partial charge in [0.05, 0.1) is 18.3 Å². The Morgan fingerprint density at radius 2 is 1.88 bits per heavy atom. The van der Waals surface area contributed by atoms with Crippen LogP contribution in [0.4, 0.5) is 0 Å². The van der Waals surface area contributed by atoms with Crippen molar-refractivity contribution in [1.29, 1.82) is 0 Å². The van der Waals surface area contributed by atoms with E-state index in [-0.39, 0.29) is 5.91 Å². The van der Waals surface area contributed by atoms with Crippen LogP contribution in [-0.4, -0.2) is 28.9 Å². The molecule has 26 heavy (non-hydrogen) atoms. The lowest BCUT2D eigenvalue weighted by Crippen LogP contribution is -2.25. The molecular formula is C20H19N3O3. The number of rotatable bonds is 5. The highest BCUT2D eigenvalue weighted by Crippen LogP contribution is 2.33. The molecule has 1 N–H and O–H groups in total. The number of ether oxygens (including phenoxy) is 2. The number of benzene rings is 2. The molecule has 3 aromatic rings. The lowest BCUT2D eigenvalue weighted by molar-refractivity contribution is 0.0940. The summed E-state index contributed by atoms with van der Waals surface area (Å²) in [5.74, 6) is 0.929. The summed E-state index contributed by atoms with van der Waals surface area (Å²) in [5.41, 5.74) is 2.61. The number of fused-ring (bicyclic) bond motifs is 1. The highest BCUT2D eigenvalue weighted by Gasteiger charge is 2.20. The van der Waals surface area contributed by atoms with Gasteiger partial charge in [-0.25, -0.2) is 0 Å². The Kier molecular flexibility index (Phi) is 4.55. The number of para-hydroxylation sites is 1. The molecule has 1 amide bonds. The van der Waals surface area contributed by atoms with Crippen LogP contribution in [0.15, 0.2) is 60.9 Å². The van der Waals surface area contributed by atoms with Crippen LogP contribution in [0.25, 0.3) is 0 Å². The van der Waals surface area contributed by atoms with E-state index in [9.17, 15) is 4.79 Å². The summed E-state index contributed by atoms with van der Waals surface area (Å²) < 4.78 is 13.0. The number of hydrogen-bond acceptors (Lipinski definition) is 4. The number of nitrogens with zero attached hydrogens (tertiary/aromatic N) is 2. The number of amides is 1. The Labute approximate surface area is 151 Å². The highest BCUT2D eigenvalue weighted by atomic mass is 16.6. The summed E-state index contributed by atoms with van der Waals surface area (Å²) >= 11 is 0. The third-order valence-corrected chi connectivity index (χ3v) is 4.14. The van der Waals surface area contributed by atoms with Gasteiger partial charge in [-0.05, 0) is 17.7 Å². The van der Waals surface area contributed by atoms with Crippen LogP contribution >= 0.6 is 0 Å². The number of carbonyl (C=O) groups is 1. The van der Waals surface area contributed by atoms with Crippen molar-refractivity contribution in [2.24, 2.45) is 0 Å². The second kappa shape index (κ2) is 7.31. The van der Waals surface area contributed by atoms with E-state index in [1.165, 1.54) is 5.56 Å². The Bertz CT molecular complexity index is 906. The fourth-order valence-corrected chi connectivity index (χ4v) is 2.88. The van der Waals surface area contributed by atoms with Crippen LogP contribution in [0.2, 0.25) is 0 Å². The van der Waals surface area contributed by atoms with Crippen LogP contribution in [0.3, 0.4) is 0 Å². The maximum atomic E-state index is 12.5. The molecule has 1 aromatic heterocycles. The van der Waals surface area contributed by atoms with Crippen molar-refractivity contribution in [2.45, 2.75) is 13.1 Å². The normalized spacial score (nSPS) is 12.6. The molecule has 0 saturated heterocycles. The monoisotopic (exact) mass is 349 g/mol. The zero-order valence-corrected chi connectivity index (χ0v) is 14.2. The predicted molar refractivity (Wildman–Crippen MR) is 96.4 cm³/mol. The van der Waals surface area contributed by atoms with Crippen LogP contribution in [0.5, 0.6) is 11.5 Å². The number of nitrogens with one attached hydrogen (secondary N) is 1. The van der Waals surface area contributed by atoms with Crippen LogP contribution in [-0.2, 0) is 13.1 Å². The second-order valence-electron chi connectivity index (χ2n) is 6.04.